The van der Waals surface area contributed by atoms with Crippen molar-refractivity contribution < 1.29 is 8.42 Å². The van der Waals surface area contributed by atoms with Gasteiger partial charge in [0, 0.05) is 0 Å². The van der Waals surface area contributed by atoms with Crippen molar-refractivity contribution in [2.24, 2.45) is 0 Å². The van der Waals surface area contributed by atoms with Gasteiger partial charge in [0.2, 0.25) is 0 Å². The van der Waals surface area contributed by atoms with Gasteiger partial charge in [-0.05, 0) is 0 Å². The molecule has 9 heteroatoms. The first-order valence-electron chi connectivity index (χ1n) is 5.12. The predicted octanol–water partition coefficient (Wildman–Crippen LogP) is 0.812. The van der Waals surface area contributed by atoms with E-state index in [2.05, 4.69) is 30.6 Å². The standard InChI is InChI=1S/C9H10BrN4O2S.Tl/c1-5(2)14-17(15,16)6-3-11-9-8(6)13-7(10)4-12-9;/h3-5,14H,1-2H3;/q-1;+1. The van der Waals surface area contributed by atoms with Crippen LogP contribution in [0.2, 0.25) is 0 Å². The fourth-order valence-corrected chi connectivity index (χ4v) is 4.94. The van der Waals surface area contributed by atoms with Crippen molar-refractivity contribution in [1.82, 2.24) is 17.1 Å². The summed E-state index contributed by atoms with van der Waals surface area (Å²) in [4.78, 5) is 8.59. The Morgan fingerprint density at radius 2 is 2.17 bits per heavy atom. The van der Waals surface area contributed by atoms with Crippen LogP contribution in [0, 0.1) is 0 Å². The molecule has 0 saturated heterocycles. The zero-order valence-corrected chi connectivity index (χ0v) is 16.6. The van der Waals surface area contributed by atoms with Gasteiger partial charge in [0.15, 0.2) is 0 Å². The summed E-state index contributed by atoms with van der Waals surface area (Å²) in [5.74, 6) is 0. The van der Waals surface area contributed by atoms with E-state index < -0.39 is 10.0 Å². The van der Waals surface area contributed by atoms with Crippen LogP contribution in [-0.4, -0.2) is 52.9 Å². The van der Waals surface area contributed by atoms with Gasteiger partial charge in [-0.15, -0.1) is 0 Å². The summed E-state index contributed by atoms with van der Waals surface area (Å²) in [5, 5.41) is 0. The number of sulfonamides is 1. The minimum atomic E-state index is -3.55. The van der Waals surface area contributed by atoms with E-state index in [1.165, 1.54) is 0 Å². The van der Waals surface area contributed by atoms with Gasteiger partial charge in [-0.25, -0.2) is 0 Å². The summed E-state index contributed by atoms with van der Waals surface area (Å²) in [6.07, 6.45) is 3.15. The van der Waals surface area contributed by atoms with Crippen LogP contribution in [0.5, 0.6) is 0 Å². The number of hydrogen-bond acceptors (Lipinski definition) is 4. The zero-order valence-electron chi connectivity index (χ0n) is 9.75. The molecular weight excluding hydrogens is 512 g/mol. The third-order valence-corrected chi connectivity index (χ3v) is 5.71. The van der Waals surface area contributed by atoms with E-state index >= 15 is 0 Å². The summed E-state index contributed by atoms with van der Waals surface area (Å²) >= 11 is 3.64. The maximum absolute atomic E-state index is 12.2. The maximum atomic E-state index is 12.2. The average molecular weight is 523 g/mol. The molecule has 1 N–H and O–H groups in total. The molecule has 0 atom stereocenters. The van der Waals surface area contributed by atoms with Gasteiger partial charge in [0.25, 0.3) is 0 Å². The van der Waals surface area contributed by atoms with Gasteiger partial charge in [0.1, 0.15) is 0 Å². The van der Waals surface area contributed by atoms with Crippen LogP contribution >= 0.6 is 15.9 Å². The molecule has 0 aromatic carbocycles. The van der Waals surface area contributed by atoms with Gasteiger partial charge in [-0.2, -0.15) is 0 Å². The van der Waals surface area contributed by atoms with Gasteiger partial charge < -0.3 is 0 Å². The summed E-state index contributed by atoms with van der Waals surface area (Å²) in [6.45, 7) is 3.56. The molecule has 2 heterocycles. The molecule has 0 unspecified atom stereocenters. The van der Waals surface area contributed by atoms with E-state index in [-0.39, 0.29) is 10.9 Å². The topological polar surface area (TPSA) is 76.9 Å². The first-order valence-corrected chi connectivity index (χ1v) is 9.40. The molecular formula is C9H10BrN4O2STl. The summed E-state index contributed by atoms with van der Waals surface area (Å²) < 4.78 is 29.3. The fraction of sp³-hybridized carbons (Fsp3) is 0.333. The normalized spacial score (nSPS) is 12.4. The number of nitrogens with one attached hydrogen (secondary N) is 1. The van der Waals surface area contributed by atoms with E-state index in [4.69, 9.17) is 0 Å². The van der Waals surface area contributed by atoms with Crippen LogP contribution in [0.1, 0.15) is 13.8 Å². The van der Waals surface area contributed by atoms with Gasteiger partial charge in [-0.3, -0.25) is 0 Å². The number of fused-ring (bicyclic) bond motifs is 1. The molecule has 2 aromatic heterocycles. The van der Waals surface area contributed by atoms with E-state index in [1.54, 1.807) is 26.2 Å². The molecule has 18 heavy (non-hydrogen) atoms. The van der Waals surface area contributed by atoms with Crippen LogP contribution in [-0.2, 0) is 10.0 Å². The van der Waals surface area contributed by atoms with Gasteiger partial charge >= 0.3 is 130 Å². The van der Waals surface area contributed by atoms with Crippen molar-refractivity contribution in [2.45, 2.75) is 24.8 Å². The molecule has 0 saturated carbocycles. The van der Waals surface area contributed by atoms with E-state index in [9.17, 15) is 8.42 Å². The second-order valence-corrected chi connectivity index (χ2v) is 8.70. The second kappa shape index (κ2) is 5.13. The number of rotatable bonds is 3. The Kier molecular flexibility index (Phi) is 4.09. The van der Waals surface area contributed by atoms with E-state index in [0.717, 1.165) is 0 Å². The fourth-order valence-electron chi connectivity index (χ4n) is 1.53. The molecule has 0 aliphatic rings. The number of aromatic nitrogens is 3. The van der Waals surface area contributed by atoms with Crippen molar-refractivity contribution in [1.29, 1.82) is 0 Å². The summed E-state index contributed by atoms with van der Waals surface area (Å²) in [7, 11) is -3.55. The Morgan fingerprint density at radius 1 is 1.50 bits per heavy atom. The molecule has 0 aliphatic carbocycles. The van der Waals surface area contributed by atoms with Crippen LogP contribution in [0.4, 0.5) is 0 Å². The Morgan fingerprint density at radius 3 is 2.78 bits per heavy atom. The summed E-state index contributed by atoms with van der Waals surface area (Å²) in [5.41, 5.74) is 1.01. The van der Waals surface area contributed by atoms with Crippen molar-refractivity contribution in [2.75, 3.05) is 0 Å². The molecule has 2 rings (SSSR count). The van der Waals surface area contributed by atoms with Crippen molar-refractivity contribution >= 4 is 63.2 Å². The zero-order chi connectivity index (χ0) is 13.5. The number of nitrogens with zero attached hydrogens (tertiary/aromatic N) is 3. The Bertz CT molecular complexity index is 698. The van der Waals surface area contributed by atoms with Crippen molar-refractivity contribution in [3.63, 3.8) is 0 Å². The van der Waals surface area contributed by atoms with Crippen LogP contribution in [0.25, 0.3) is 11.2 Å². The number of hydrogen-bond donors (Lipinski definition) is 1. The predicted molar refractivity (Wildman–Crippen MR) is 71.8 cm³/mol. The molecule has 0 fully saturated rings. The van der Waals surface area contributed by atoms with Gasteiger partial charge in [-0.1, -0.05) is 0 Å². The average Bonchev–Trinajstić information content (AvgIpc) is 2.54. The molecule has 0 bridgehead atoms. The molecule has 0 aliphatic heterocycles. The Balaban J connectivity index is 2.68. The SMILES string of the molecule is CC(C)NS(=O)(=O)c1c[n]([Tl])c2ncc(Br)nc12. The first-order chi connectivity index (χ1) is 8.31. The summed E-state index contributed by atoms with van der Waals surface area (Å²) in [6, 6.07) is -0.162. The quantitative estimate of drug-likeness (QED) is 0.606. The van der Waals surface area contributed by atoms with E-state index in [0.29, 0.717) is 41.8 Å². The van der Waals surface area contributed by atoms with Gasteiger partial charge in [0.05, 0.1) is 0 Å². The van der Waals surface area contributed by atoms with Crippen molar-refractivity contribution in [3.05, 3.63) is 17.0 Å². The van der Waals surface area contributed by atoms with Crippen molar-refractivity contribution in [3.8, 4) is 0 Å². The molecule has 0 spiro atoms. The second-order valence-electron chi connectivity index (χ2n) is 4.04. The molecule has 0 amide bonds. The van der Waals surface area contributed by atoms with Crippen LogP contribution in [0.3, 0.4) is 0 Å². The third-order valence-electron chi connectivity index (χ3n) is 2.14. The Labute approximate surface area is 129 Å². The first kappa shape index (κ1) is 14.3. The molecule has 6 nitrogen and oxygen atoms in total. The molecule has 2 aromatic rings. The third kappa shape index (κ3) is 2.75. The minimum absolute atomic E-state index is 0.162. The van der Waals surface area contributed by atoms with Crippen LogP contribution < -0.4 is 4.72 Å². The number of halogens is 1. The van der Waals surface area contributed by atoms with Crippen LogP contribution in [0.15, 0.2) is 21.9 Å². The molecule has 94 valence electrons. The van der Waals surface area contributed by atoms with E-state index in [1.807, 2.05) is 2.38 Å². The Hall–Kier alpha value is -0.0679. The monoisotopic (exact) mass is 522 g/mol. The molecule has 0 radical (unpaired) electrons.